The van der Waals surface area contributed by atoms with Crippen LogP contribution in [0.15, 0.2) is 42.6 Å². The van der Waals surface area contributed by atoms with Gasteiger partial charge in [-0.3, -0.25) is 9.20 Å². The predicted molar refractivity (Wildman–Crippen MR) is 100 cm³/mol. The van der Waals surface area contributed by atoms with Crippen LogP contribution in [0.4, 0.5) is 0 Å². The highest BCUT2D eigenvalue weighted by molar-refractivity contribution is 5.79. The quantitative estimate of drug-likeness (QED) is 0.676. The van der Waals surface area contributed by atoms with Gasteiger partial charge in [0.25, 0.3) is 0 Å². The van der Waals surface area contributed by atoms with E-state index in [0.717, 1.165) is 41.4 Å². The van der Waals surface area contributed by atoms with Crippen LogP contribution in [0, 0.1) is 5.92 Å². The number of rotatable bonds is 6. The van der Waals surface area contributed by atoms with E-state index in [1.165, 1.54) is 0 Å². The zero-order valence-corrected chi connectivity index (χ0v) is 15.2. The molecule has 1 aliphatic heterocycles. The van der Waals surface area contributed by atoms with Crippen molar-refractivity contribution in [1.29, 1.82) is 0 Å². The molecule has 0 aliphatic carbocycles. The van der Waals surface area contributed by atoms with Crippen LogP contribution in [-0.2, 0) is 17.6 Å². The number of pyridine rings is 1. The van der Waals surface area contributed by atoms with Crippen LogP contribution in [0.25, 0.3) is 5.65 Å². The summed E-state index contributed by atoms with van der Waals surface area (Å²) in [5.74, 6) is 2.33. The van der Waals surface area contributed by atoms with Gasteiger partial charge in [-0.05, 0) is 36.6 Å². The number of hydrogen-bond donors (Lipinski definition) is 1. The van der Waals surface area contributed by atoms with Crippen molar-refractivity contribution >= 4 is 11.6 Å². The van der Waals surface area contributed by atoms with Gasteiger partial charge in [0.1, 0.15) is 23.9 Å². The molecule has 1 aromatic carbocycles. The summed E-state index contributed by atoms with van der Waals surface area (Å²) in [7, 11) is 1.63. The van der Waals surface area contributed by atoms with Crippen LogP contribution in [0.1, 0.15) is 17.8 Å². The number of carbonyl (C=O) groups excluding carboxylic acids is 1. The van der Waals surface area contributed by atoms with Crippen molar-refractivity contribution in [3.63, 3.8) is 0 Å². The Morgan fingerprint density at radius 1 is 1.33 bits per heavy atom. The van der Waals surface area contributed by atoms with Crippen LogP contribution in [-0.4, -0.2) is 40.8 Å². The van der Waals surface area contributed by atoms with Crippen molar-refractivity contribution in [2.45, 2.75) is 19.3 Å². The number of ether oxygens (including phenoxy) is 2. The minimum Gasteiger partial charge on any atom is -0.497 e. The fourth-order valence-electron chi connectivity index (χ4n) is 3.31. The minimum absolute atomic E-state index is 0.0302. The van der Waals surface area contributed by atoms with Crippen LogP contribution in [0.5, 0.6) is 11.5 Å². The molecule has 3 aromatic rings. The Kier molecular flexibility index (Phi) is 4.91. The van der Waals surface area contributed by atoms with Gasteiger partial charge in [-0.15, -0.1) is 10.2 Å². The van der Waals surface area contributed by atoms with Gasteiger partial charge >= 0.3 is 0 Å². The van der Waals surface area contributed by atoms with Crippen LogP contribution in [0.2, 0.25) is 0 Å². The second-order valence-electron chi connectivity index (χ2n) is 6.63. The summed E-state index contributed by atoms with van der Waals surface area (Å²) in [6.07, 6.45) is 4.20. The van der Waals surface area contributed by atoms with E-state index in [2.05, 4.69) is 15.5 Å². The highest BCUT2D eigenvalue weighted by Crippen LogP contribution is 2.31. The van der Waals surface area contributed by atoms with Crippen LogP contribution >= 0.6 is 0 Å². The Balaban J connectivity index is 1.27. The Morgan fingerprint density at radius 3 is 3.15 bits per heavy atom. The molecule has 0 radical (unpaired) electrons. The number of methoxy groups -OCH3 is 1. The van der Waals surface area contributed by atoms with Crippen LogP contribution in [0.3, 0.4) is 0 Å². The van der Waals surface area contributed by atoms with Crippen molar-refractivity contribution in [2.24, 2.45) is 5.92 Å². The summed E-state index contributed by atoms with van der Waals surface area (Å²) in [6, 6.07) is 11.5. The molecular weight excluding hydrogens is 344 g/mol. The van der Waals surface area contributed by atoms with Crippen molar-refractivity contribution < 1.29 is 14.3 Å². The Morgan fingerprint density at radius 2 is 2.26 bits per heavy atom. The van der Waals surface area contributed by atoms with Gasteiger partial charge < -0.3 is 14.8 Å². The van der Waals surface area contributed by atoms with E-state index < -0.39 is 0 Å². The second-order valence-corrected chi connectivity index (χ2v) is 6.63. The van der Waals surface area contributed by atoms with Gasteiger partial charge in [-0.2, -0.15) is 0 Å². The first-order valence-electron chi connectivity index (χ1n) is 9.10. The summed E-state index contributed by atoms with van der Waals surface area (Å²) in [6.45, 7) is 0.993. The third-order valence-corrected chi connectivity index (χ3v) is 4.81. The second kappa shape index (κ2) is 7.65. The molecule has 3 heterocycles. The van der Waals surface area contributed by atoms with E-state index in [-0.39, 0.29) is 11.8 Å². The molecule has 2 aromatic heterocycles. The molecule has 0 fully saturated rings. The third-order valence-electron chi connectivity index (χ3n) is 4.81. The number of benzene rings is 1. The predicted octanol–water partition coefficient (Wildman–Crippen LogP) is 2.04. The summed E-state index contributed by atoms with van der Waals surface area (Å²) >= 11 is 0. The van der Waals surface area contributed by atoms with E-state index in [4.69, 9.17) is 9.47 Å². The zero-order valence-electron chi connectivity index (χ0n) is 15.2. The molecule has 7 nitrogen and oxygen atoms in total. The number of hydrogen-bond acceptors (Lipinski definition) is 5. The van der Waals surface area contributed by atoms with E-state index in [1.807, 2.05) is 47.0 Å². The maximum atomic E-state index is 12.5. The average Bonchev–Trinajstić information content (AvgIpc) is 3.13. The molecule has 1 N–H and O–H groups in total. The van der Waals surface area contributed by atoms with Crippen molar-refractivity contribution in [1.82, 2.24) is 19.9 Å². The Labute approximate surface area is 157 Å². The molecule has 140 valence electrons. The molecule has 0 unspecified atom stereocenters. The summed E-state index contributed by atoms with van der Waals surface area (Å²) in [5, 5.41) is 11.4. The van der Waals surface area contributed by atoms with Gasteiger partial charge in [0.2, 0.25) is 5.91 Å². The maximum Gasteiger partial charge on any atom is 0.226 e. The van der Waals surface area contributed by atoms with Gasteiger partial charge in [0, 0.05) is 25.2 Å². The average molecular weight is 366 g/mol. The van der Waals surface area contributed by atoms with Crippen molar-refractivity contribution in [3.05, 3.63) is 54.0 Å². The highest BCUT2D eigenvalue weighted by atomic mass is 16.5. The lowest BCUT2D eigenvalue weighted by molar-refractivity contribution is -0.126. The van der Waals surface area contributed by atoms with Gasteiger partial charge in [0.15, 0.2) is 5.65 Å². The van der Waals surface area contributed by atoms with E-state index >= 15 is 0 Å². The standard InChI is InChI=1S/C20H22N4O3/c1-26-16-8-7-14-11-15(13-27-17(14)12-16)20(25)21-9-4-6-19-23-22-18-5-2-3-10-24(18)19/h2-3,5,7-8,10,12,15H,4,6,9,11,13H2,1H3,(H,21,25)/t15-/m0/s1. The van der Waals surface area contributed by atoms with E-state index in [1.54, 1.807) is 7.11 Å². The number of amides is 1. The first kappa shape index (κ1) is 17.3. The summed E-state index contributed by atoms with van der Waals surface area (Å²) in [5.41, 5.74) is 1.88. The molecule has 0 saturated carbocycles. The smallest absolute Gasteiger partial charge is 0.226 e. The maximum absolute atomic E-state index is 12.5. The first-order valence-corrected chi connectivity index (χ1v) is 9.10. The Bertz CT molecular complexity index is 953. The van der Waals surface area contributed by atoms with Crippen LogP contribution < -0.4 is 14.8 Å². The minimum atomic E-state index is -0.167. The lowest BCUT2D eigenvalue weighted by Gasteiger charge is -2.25. The molecule has 27 heavy (non-hydrogen) atoms. The molecule has 1 atom stereocenters. The van der Waals surface area contributed by atoms with Gasteiger partial charge in [-0.1, -0.05) is 12.1 Å². The summed E-state index contributed by atoms with van der Waals surface area (Å²) in [4.78, 5) is 12.5. The SMILES string of the molecule is COc1ccc2c(c1)OC[C@@H](C(=O)NCCCc1nnc3ccccn13)C2. The Hall–Kier alpha value is -3.09. The number of carbonyl (C=O) groups is 1. The number of aryl methyl sites for hydroxylation is 1. The molecule has 1 aliphatic rings. The fraction of sp³-hybridized carbons (Fsp3) is 0.350. The summed E-state index contributed by atoms with van der Waals surface area (Å²) < 4.78 is 12.9. The normalized spacial score (nSPS) is 15.8. The van der Waals surface area contributed by atoms with Gasteiger partial charge in [-0.25, -0.2) is 0 Å². The van der Waals surface area contributed by atoms with Gasteiger partial charge in [0.05, 0.1) is 13.0 Å². The zero-order chi connectivity index (χ0) is 18.6. The largest absolute Gasteiger partial charge is 0.497 e. The van der Waals surface area contributed by atoms with Crippen molar-refractivity contribution in [2.75, 3.05) is 20.3 Å². The fourth-order valence-corrected chi connectivity index (χ4v) is 3.31. The van der Waals surface area contributed by atoms with Crippen molar-refractivity contribution in [3.8, 4) is 11.5 Å². The van der Waals surface area contributed by atoms with E-state index in [0.29, 0.717) is 19.6 Å². The number of fused-ring (bicyclic) bond motifs is 2. The molecular formula is C20H22N4O3. The third kappa shape index (κ3) is 3.72. The molecule has 0 spiro atoms. The molecule has 4 rings (SSSR count). The topological polar surface area (TPSA) is 77.8 Å². The lowest BCUT2D eigenvalue weighted by atomic mass is 9.96. The number of nitrogens with one attached hydrogen (secondary N) is 1. The number of aromatic nitrogens is 3. The molecule has 7 heteroatoms. The lowest BCUT2D eigenvalue weighted by Crippen LogP contribution is -2.37. The highest BCUT2D eigenvalue weighted by Gasteiger charge is 2.26. The molecule has 0 saturated heterocycles. The monoisotopic (exact) mass is 366 g/mol. The first-order chi connectivity index (χ1) is 13.2. The molecule has 1 amide bonds. The van der Waals surface area contributed by atoms with E-state index in [9.17, 15) is 4.79 Å². The number of nitrogens with zero attached hydrogens (tertiary/aromatic N) is 3. The molecule has 0 bridgehead atoms.